The lowest BCUT2D eigenvalue weighted by atomic mass is 10.1. The molecule has 0 aromatic carbocycles. The standard InChI is InChI=1S/C11H16N2O4S/c1-7(15)13-9-4-3-8(18-9)10(16)12-5-11(2,17)6-14/h3-4,14,17H,5-6H2,1-2H3,(H,12,16)(H,13,15). The van der Waals surface area contributed by atoms with Gasteiger partial charge in [0.15, 0.2) is 0 Å². The molecule has 0 fully saturated rings. The van der Waals surface area contributed by atoms with Crippen LogP contribution in [0.4, 0.5) is 5.00 Å². The number of nitrogens with one attached hydrogen (secondary N) is 2. The Hall–Kier alpha value is -1.44. The van der Waals surface area contributed by atoms with Gasteiger partial charge in [0.05, 0.1) is 16.5 Å². The summed E-state index contributed by atoms with van der Waals surface area (Å²) in [4.78, 5) is 22.9. The Morgan fingerprint density at radius 2 is 2.11 bits per heavy atom. The highest BCUT2D eigenvalue weighted by molar-refractivity contribution is 7.18. The summed E-state index contributed by atoms with van der Waals surface area (Å²) in [6.07, 6.45) is 0. The highest BCUT2D eigenvalue weighted by Crippen LogP contribution is 2.21. The van der Waals surface area contributed by atoms with Crippen molar-refractivity contribution in [3.8, 4) is 0 Å². The maximum atomic E-state index is 11.7. The lowest BCUT2D eigenvalue weighted by Crippen LogP contribution is -2.43. The van der Waals surface area contributed by atoms with Gasteiger partial charge in [-0.15, -0.1) is 11.3 Å². The first-order valence-electron chi connectivity index (χ1n) is 5.33. The number of aliphatic hydroxyl groups excluding tert-OH is 1. The zero-order valence-electron chi connectivity index (χ0n) is 10.2. The molecule has 1 aromatic heterocycles. The number of amides is 2. The van der Waals surface area contributed by atoms with Crippen molar-refractivity contribution in [1.82, 2.24) is 5.32 Å². The molecule has 18 heavy (non-hydrogen) atoms. The zero-order chi connectivity index (χ0) is 13.8. The lowest BCUT2D eigenvalue weighted by molar-refractivity contribution is -0.114. The monoisotopic (exact) mass is 272 g/mol. The van der Waals surface area contributed by atoms with Gasteiger partial charge in [0.1, 0.15) is 5.60 Å². The third-order valence-electron chi connectivity index (χ3n) is 2.10. The van der Waals surface area contributed by atoms with E-state index in [0.29, 0.717) is 9.88 Å². The number of hydrogen-bond acceptors (Lipinski definition) is 5. The van der Waals surface area contributed by atoms with Crippen LogP contribution in [0, 0.1) is 0 Å². The number of thiophene rings is 1. The van der Waals surface area contributed by atoms with E-state index < -0.39 is 12.2 Å². The molecule has 0 spiro atoms. The van der Waals surface area contributed by atoms with Gasteiger partial charge in [-0.05, 0) is 19.1 Å². The van der Waals surface area contributed by atoms with Gasteiger partial charge < -0.3 is 20.8 Å². The fourth-order valence-electron chi connectivity index (χ4n) is 1.11. The number of hydrogen-bond donors (Lipinski definition) is 4. The fourth-order valence-corrected chi connectivity index (χ4v) is 1.98. The minimum Gasteiger partial charge on any atom is -0.393 e. The third kappa shape index (κ3) is 4.44. The van der Waals surface area contributed by atoms with Crippen molar-refractivity contribution < 1.29 is 19.8 Å². The summed E-state index contributed by atoms with van der Waals surface area (Å²) < 4.78 is 0. The van der Waals surface area contributed by atoms with Crippen LogP contribution in [0.5, 0.6) is 0 Å². The molecule has 7 heteroatoms. The number of carbonyl (C=O) groups is 2. The Kier molecular flexibility index (Phi) is 4.83. The molecule has 0 saturated carbocycles. The average Bonchev–Trinajstić information content (AvgIpc) is 2.73. The van der Waals surface area contributed by atoms with E-state index in [4.69, 9.17) is 5.11 Å². The second kappa shape index (κ2) is 5.94. The summed E-state index contributed by atoms with van der Waals surface area (Å²) in [6.45, 7) is 2.33. The molecule has 0 aliphatic heterocycles. The number of rotatable bonds is 5. The molecular weight excluding hydrogens is 256 g/mol. The Balaban J connectivity index is 2.57. The topological polar surface area (TPSA) is 98.7 Å². The molecule has 0 aliphatic rings. The van der Waals surface area contributed by atoms with Crippen LogP contribution in [0.3, 0.4) is 0 Å². The maximum absolute atomic E-state index is 11.7. The van der Waals surface area contributed by atoms with Crippen LogP contribution in [-0.4, -0.2) is 40.8 Å². The number of anilines is 1. The smallest absolute Gasteiger partial charge is 0.261 e. The molecule has 0 bridgehead atoms. The van der Waals surface area contributed by atoms with Crippen molar-refractivity contribution in [2.45, 2.75) is 19.4 Å². The lowest BCUT2D eigenvalue weighted by Gasteiger charge is -2.20. The molecule has 1 atom stereocenters. The van der Waals surface area contributed by atoms with Crippen molar-refractivity contribution in [2.24, 2.45) is 0 Å². The van der Waals surface area contributed by atoms with Gasteiger partial charge in [-0.25, -0.2) is 0 Å². The van der Waals surface area contributed by atoms with Gasteiger partial charge in [0, 0.05) is 13.5 Å². The highest BCUT2D eigenvalue weighted by Gasteiger charge is 2.20. The zero-order valence-corrected chi connectivity index (χ0v) is 11.0. The van der Waals surface area contributed by atoms with E-state index in [9.17, 15) is 14.7 Å². The predicted octanol–water partition coefficient (Wildman–Crippen LogP) is 0.180. The predicted molar refractivity (Wildman–Crippen MR) is 68.7 cm³/mol. The second-order valence-corrected chi connectivity index (χ2v) is 5.27. The molecule has 100 valence electrons. The second-order valence-electron chi connectivity index (χ2n) is 4.18. The Morgan fingerprint density at radius 3 is 2.67 bits per heavy atom. The Bertz CT molecular complexity index is 442. The summed E-state index contributed by atoms with van der Waals surface area (Å²) in [5.74, 6) is -0.558. The van der Waals surface area contributed by atoms with Gasteiger partial charge in [0.2, 0.25) is 5.91 Å². The van der Waals surface area contributed by atoms with Gasteiger partial charge in [-0.3, -0.25) is 9.59 Å². The summed E-state index contributed by atoms with van der Waals surface area (Å²) in [5.41, 5.74) is -1.34. The SMILES string of the molecule is CC(=O)Nc1ccc(C(=O)NCC(C)(O)CO)s1. The maximum Gasteiger partial charge on any atom is 0.261 e. The average molecular weight is 272 g/mol. The molecule has 1 unspecified atom stereocenters. The Morgan fingerprint density at radius 1 is 1.44 bits per heavy atom. The van der Waals surface area contributed by atoms with Crippen LogP contribution in [-0.2, 0) is 4.79 Å². The van der Waals surface area contributed by atoms with Crippen molar-refractivity contribution in [1.29, 1.82) is 0 Å². The van der Waals surface area contributed by atoms with Crippen LogP contribution in [0.1, 0.15) is 23.5 Å². The first kappa shape index (κ1) is 14.6. The molecule has 1 rings (SSSR count). The number of carbonyl (C=O) groups excluding carboxylic acids is 2. The summed E-state index contributed by atoms with van der Waals surface area (Å²) in [6, 6.07) is 3.21. The minimum atomic E-state index is -1.34. The highest BCUT2D eigenvalue weighted by atomic mass is 32.1. The van der Waals surface area contributed by atoms with Gasteiger partial charge in [-0.2, -0.15) is 0 Å². The van der Waals surface area contributed by atoms with Crippen LogP contribution in [0.2, 0.25) is 0 Å². The van der Waals surface area contributed by atoms with Crippen LogP contribution < -0.4 is 10.6 Å². The molecular formula is C11H16N2O4S. The normalized spacial score (nSPS) is 13.8. The van der Waals surface area contributed by atoms with E-state index in [1.54, 1.807) is 12.1 Å². The van der Waals surface area contributed by atoms with E-state index in [2.05, 4.69) is 10.6 Å². The van der Waals surface area contributed by atoms with E-state index in [-0.39, 0.29) is 18.4 Å². The van der Waals surface area contributed by atoms with Crippen LogP contribution >= 0.6 is 11.3 Å². The first-order chi connectivity index (χ1) is 8.34. The van der Waals surface area contributed by atoms with Gasteiger partial charge in [0.25, 0.3) is 5.91 Å². The van der Waals surface area contributed by atoms with Crippen molar-refractivity contribution in [3.63, 3.8) is 0 Å². The fraction of sp³-hybridized carbons (Fsp3) is 0.455. The molecule has 4 N–H and O–H groups in total. The van der Waals surface area contributed by atoms with Gasteiger partial charge in [-0.1, -0.05) is 0 Å². The number of aliphatic hydroxyl groups is 2. The molecule has 0 radical (unpaired) electrons. The van der Waals surface area contributed by atoms with Crippen molar-refractivity contribution >= 4 is 28.2 Å². The summed E-state index contributed by atoms with van der Waals surface area (Å²) in [5, 5.41) is 24.0. The van der Waals surface area contributed by atoms with Crippen molar-refractivity contribution in [2.75, 3.05) is 18.5 Å². The Labute approximate surface area is 109 Å². The van der Waals surface area contributed by atoms with E-state index in [0.717, 1.165) is 11.3 Å². The first-order valence-corrected chi connectivity index (χ1v) is 6.14. The molecule has 6 nitrogen and oxygen atoms in total. The molecule has 1 heterocycles. The van der Waals surface area contributed by atoms with Gasteiger partial charge >= 0.3 is 0 Å². The summed E-state index contributed by atoms with van der Waals surface area (Å²) >= 11 is 1.14. The molecule has 2 amide bonds. The van der Waals surface area contributed by atoms with E-state index >= 15 is 0 Å². The molecule has 0 aliphatic carbocycles. The quantitative estimate of drug-likeness (QED) is 0.614. The van der Waals surface area contributed by atoms with E-state index in [1.165, 1.54) is 13.8 Å². The van der Waals surface area contributed by atoms with Crippen LogP contribution in [0.15, 0.2) is 12.1 Å². The largest absolute Gasteiger partial charge is 0.393 e. The molecule has 0 saturated heterocycles. The molecule has 1 aromatic rings. The van der Waals surface area contributed by atoms with Crippen LogP contribution in [0.25, 0.3) is 0 Å². The minimum absolute atomic E-state index is 0.0459. The van der Waals surface area contributed by atoms with E-state index in [1.807, 2.05) is 0 Å². The van der Waals surface area contributed by atoms with Crippen molar-refractivity contribution in [3.05, 3.63) is 17.0 Å². The summed E-state index contributed by atoms with van der Waals surface area (Å²) in [7, 11) is 0. The third-order valence-corrected chi connectivity index (χ3v) is 3.10.